The van der Waals surface area contributed by atoms with Crippen molar-refractivity contribution in [1.82, 2.24) is 10.2 Å². The average molecular weight is 257 g/mol. The lowest BCUT2D eigenvalue weighted by molar-refractivity contribution is -0.276. The zero-order valence-corrected chi connectivity index (χ0v) is 7.98. The molecule has 1 aromatic heterocycles. The Bertz CT molecular complexity index is 315. The Hall–Kier alpha value is -0.850. The maximum Gasteiger partial charge on any atom is 0.574 e. The van der Waals surface area contributed by atoms with Gasteiger partial charge < -0.3 is 4.74 Å². The zero-order chi connectivity index (χ0) is 10.1. The van der Waals surface area contributed by atoms with Crippen LogP contribution in [0, 0.1) is 6.92 Å². The summed E-state index contributed by atoms with van der Waals surface area (Å²) in [6.45, 7) is 1.59. The first kappa shape index (κ1) is 10.2. The number of alkyl halides is 3. The van der Waals surface area contributed by atoms with Crippen molar-refractivity contribution in [1.29, 1.82) is 0 Å². The third kappa shape index (κ3) is 3.17. The molecule has 7 heteroatoms. The highest BCUT2D eigenvalue weighted by atomic mass is 79.9. The predicted molar refractivity (Wildman–Crippen MR) is 41.2 cm³/mol. The van der Waals surface area contributed by atoms with Crippen molar-refractivity contribution in [3.63, 3.8) is 0 Å². The zero-order valence-electron chi connectivity index (χ0n) is 6.39. The number of rotatable bonds is 1. The SMILES string of the molecule is Cc1cc(OC(F)(F)F)nnc1Br. The summed E-state index contributed by atoms with van der Waals surface area (Å²) in [5.41, 5.74) is 0.522. The van der Waals surface area contributed by atoms with Gasteiger partial charge in [0.1, 0.15) is 4.60 Å². The van der Waals surface area contributed by atoms with Crippen LogP contribution in [-0.2, 0) is 0 Å². The summed E-state index contributed by atoms with van der Waals surface area (Å²) in [7, 11) is 0. The Balaban J connectivity index is 2.86. The molecule has 1 aromatic rings. The molecule has 0 atom stereocenters. The first-order valence-corrected chi connectivity index (χ1v) is 3.93. The van der Waals surface area contributed by atoms with E-state index in [1.807, 2.05) is 0 Å². The van der Waals surface area contributed by atoms with E-state index in [0.717, 1.165) is 6.07 Å². The molecular weight excluding hydrogens is 253 g/mol. The second-order valence-corrected chi connectivity index (χ2v) is 2.96. The summed E-state index contributed by atoms with van der Waals surface area (Å²) in [4.78, 5) is 0. The standard InChI is InChI=1S/C6H4BrF3N2O/c1-3-2-4(11-12-5(3)7)13-6(8,9)10/h2H,1H3. The van der Waals surface area contributed by atoms with Gasteiger partial charge in [-0.05, 0) is 28.4 Å². The molecule has 0 radical (unpaired) electrons. The maximum absolute atomic E-state index is 11.7. The summed E-state index contributed by atoms with van der Waals surface area (Å²) in [6.07, 6.45) is -4.73. The van der Waals surface area contributed by atoms with Crippen LogP contribution in [0.1, 0.15) is 5.56 Å². The Morgan fingerprint density at radius 3 is 2.46 bits per heavy atom. The van der Waals surface area contributed by atoms with Crippen molar-refractivity contribution in [3.05, 3.63) is 16.2 Å². The molecule has 0 saturated heterocycles. The molecule has 0 unspecified atom stereocenters. The molecule has 0 aliphatic heterocycles. The van der Waals surface area contributed by atoms with Crippen LogP contribution in [0.25, 0.3) is 0 Å². The summed E-state index contributed by atoms with van der Waals surface area (Å²) < 4.78 is 38.9. The molecule has 0 N–H and O–H groups in total. The second-order valence-electron chi connectivity index (χ2n) is 2.20. The number of hydrogen-bond donors (Lipinski definition) is 0. The highest BCUT2D eigenvalue weighted by molar-refractivity contribution is 9.10. The largest absolute Gasteiger partial charge is 0.574 e. The lowest BCUT2D eigenvalue weighted by Gasteiger charge is -2.07. The van der Waals surface area contributed by atoms with Crippen molar-refractivity contribution in [2.24, 2.45) is 0 Å². The van der Waals surface area contributed by atoms with Gasteiger partial charge in [-0.15, -0.1) is 23.4 Å². The van der Waals surface area contributed by atoms with Crippen molar-refractivity contribution in [2.75, 3.05) is 0 Å². The number of aromatic nitrogens is 2. The lowest BCUT2D eigenvalue weighted by atomic mass is 10.3. The van der Waals surface area contributed by atoms with Crippen LogP contribution >= 0.6 is 15.9 Å². The normalized spacial score (nSPS) is 11.5. The van der Waals surface area contributed by atoms with Crippen molar-refractivity contribution in [2.45, 2.75) is 13.3 Å². The van der Waals surface area contributed by atoms with E-state index in [-0.39, 0.29) is 0 Å². The molecule has 13 heavy (non-hydrogen) atoms. The van der Waals surface area contributed by atoms with E-state index in [1.54, 1.807) is 6.92 Å². The summed E-state index contributed by atoms with van der Waals surface area (Å²) in [5.74, 6) is -0.562. The molecule has 0 bridgehead atoms. The topological polar surface area (TPSA) is 35.0 Å². The van der Waals surface area contributed by atoms with Crippen LogP contribution < -0.4 is 4.74 Å². The molecule has 1 heterocycles. The molecule has 3 nitrogen and oxygen atoms in total. The molecule has 0 spiro atoms. The predicted octanol–water partition coefficient (Wildman–Crippen LogP) is 2.45. The van der Waals surface area contributed by atoms with Crippen molar-refractivity contribution >= 4 is 15.9 Å². The molecule has 1 rings (SSSR count). The fraction of sp³-hybridized carbons (Fsp3) is 0.333. The number of halogens is 4. The van der Waals surface area contributed by atoms with Crippen LogP contribution in [0.5, 0.6) is 5.88 Å². The quantitative estimate of drug-likeness (QED) is 0.775. The van der Waals surface area contributed by atoms with Gasteiger partial charge in [-0.1, -0.05) is 0 Å². The number of aryl methyl sites for hydroxylation is 1. The van der Waals surface area contributed by atoms with Crippen molar-refractivity contribution < 1.29 is 17.9 Å². The highest BCUT2D eigenvalue weighted by Crippen LogP contribution is 2.22. The van der Waals surface area contributed by atoms with E-state index in [4.69, 9.17) is 0 Å². The first-order valence-electron chi connectivity index (χ1n) is 3.14. The average Bonchev–Trinajstić information content (AvgIpc) is 1.94. The van der Waals surface area contributed by atoms with Gasteiger partial charge >= 0.3 is 6.36 Å². The smallest absolute Gasteiger partial charge is 0.386 e. The third-order valence-electron chi connectivity index (χ3n) is 1.12. The van der Waals surface area contributed by atoms with E-state index in [2.05, 4.69) is 30.9 Å². The Labute approximate surface area is 80.0 Å². The molecule has 0 aliphatic rings. The molecular formula is C6H4BrF3N2O. The van der Waals surface area contributed by atoms with Crippen LogP contribution in [0.4, 0.5) is 13.2 Å². The minimum Gasteiger partial charge on any atom is -0.386 e. The van der Waals surface area contributed by atoms with Gasteiger partial charge in [0.2, 0.25) is 5.88 Å². The van der Waals surface area contributed by atoms with Crippen LogP contribution in [-0.4, -0.2) is 16.6 Å². The van der Waals surface area contributed by atoms with Gasteiger partial charge in [0.05, 0.1) is 0 Å². The number of nitrogens with zero attached hydrogens (tertiary/aromatic N) is 2. The molecule has 0 aromatic carbocycles. The fourth-order valence-electron chi connectivity index (χ4n) is 0.614. The minimum atomic E-state index is -4.73. The van der Waals surface area contributed by atoms with Crippen LogP contribution in [0.15, 0.2) is 10.7 Å². The number of ether oxygens (including phenoxy) is 1. The van der Waals surface area contributed by atoms with E-state index < -0.39 is 12.2 Å². The maximum atomic E-state index is 11.7. The Morgan fingerprint density at radius 2 is 2.00 bits per heavy atom. The van der Waals surface area contributed by atoms with Crippen LogP contribution in [0.3, 0.4) is 0 Å². The van der Waals surface area contributed by atoms with Gasteiger partial charge in [-0.2, -0.15) is 0 Å². The number of hydrogen-bond acceptors (Lipinski definition) is 3. The van der Waals surface area contributed by atoms with E-state index in [9.17, 15) is 13.2 Å². The van der Waals surface area contributed by atoms with E-state index in [1.165, 1.54) is 0 Å². The second kappa shape index (κ2) is 3.49. The molecule has 72 valence electrons. The lowest BCUT2D eigenvalue weighted by Crippen LogP contribution is -2.18. The highest BCUT2D eigenvalue weighted by Gasteiger charge is 2.32. The Kier molecular flexibility index (Phi) is 2.74. The molecule has 0 aliphatic carbocycles. The molecule has 0 saturated carbocycles. The summed E-state index contributed by atoms with van der Waals surface area (Å²) in [6, 6.07) is 1.14. The van der Waals surface area contributed by atoms with E-state index in [0.29, 0.717) is 10.2 Å². The van der Waals surface area contributed by atoms with Gasteiger partial charge in [-0.25, -0.2) is 0 Å². The minimum absolute atomic E-state index is 0.391. The fourth-order valence-corrected chi connectivity index (χ4v) is 0.808. The van der Waals surface area contributed by atoms with Crippen molar-refractivity contribution in [3.8, 4) is 5.88 Å². The summed E-state index contributed by atoms with van der Waals surface area (Å²) in [5, 5.41) is 6.59. The van der Waals surface area contributed by atoms with Crippen LogP contribution in [0.2, 0.25) is 0 Å². The van der Waals surface area contributed by atoms with Gasteiger partial charge in [0.15, 0.2) is 0 Å². The third-order valence-corrected chi connectivity index (χ3v) is 1.91. The molecule has 0 fully saturated rings. The monoisotopic (exact) mass is 256 g/mol. The van der Waals surface area contributed by atoms with Gasteiger partial charge in [-0.3, -0.25) is 0 Å². The first-order chi connectivity index (χ1) is 5.88. The van der Waals surface area contributed by atoms with Gasteiger partial charge in [0.25, 0.3) is 0 Å². The molecule has 0 amide bonds. The van der Waals surface area contributed by atoms with Gasteiger partial charge in [0, 0.05) is 6.07 Å². The van der Waals surface area contributed by atoms with E-state index >= 15 is 0 Å². The Morgan fingerprint density at radius 1 is 1.38 bits per heavy atom. The summed E-state index contributed by atoms with van der Waals surface area (Å²) >= 11 is 3.00.